The fraction of sp³-hybridized carbons (Fsp3) is 0.0556. The van der Waals surface area contributed by atoms with Crippen molar-refractivity contribution in [2.45, 2.75) is 0 Å². The first-order chi connectivity index (χ1) is 10.7. The molecule has 0 aliphatic carbocycles. The Bertz CT molecular complexity index is 850. The van der Waals surface area contributed by atoms with Crippen LogP contribution < -0.4 is 5.32 Å². The Labute approximate surface area is 127 Å². The van der Waals surface area contributed by atoms with Gasteiger partial charge in [0.1, 0.15) is 5.82 Å². The number of nitrogens with one attached hydrogen (secondary N) is 2. The number of carbonyl (C=O) groups is 1. The molecule has 0 aliphatic heterocycles. The third-order valence-electron chi connectivity index (χ3n) is 3.53. The Hall–Kier alpha value is -2.88. The summed E-state index contributed by atoms with van der Waals surface area (Å²) in [7, 11) is 1.57. The minimum atomic E-state index is -0.337. The highest BCUT2D eigenvalue weighted by Crippen LogP contribution is 2.28. The molecule has 110 valence electrons. The van der Waals surface area contributed by atoms with Gasteiger partial charge >= 0.3 is 0 Å². The van der Waals surface area contributed by atoms with Crippen LogP contribution >= 0.6 is 0 Å². The molecule has 3 rings (SSSR count). The van der Waals surface area contributed by atoms with Crippen molar-refractivity contribution in [3.8, 4) is 0 Å². The van der Waals surface area contributed by atoms with Gasteiger partial charge < -0.3 is 10.3 Å². The van der Waals surface area contributed by atoms with Crippen LogP contribution in [0.4, 0.5) is 4.39 Å². The molecule has 1 amide bonds. The number of halogens is 1. The molecule has 0 unspecified atom stereocenters. The summed E-state index contributed by atoms with van der Waals surface area (Å²) in [5.74, 6) is -0.565. The van der Waals surface area contributed by atoms with E-state index >= 15 is 0 Å². The monoisotopic (exact) mass is 294 g/mol. The van der Waals surface area contributed by atoms with Gasteiger partial charge in [-0.1, -0.05) is 30.3 Å². The number of aromatic nitrogens is 1. The molecule has 2 N–H and O–H groups in total. The van der Waals surface area contributed by atoms with Gasteiger partial charge in [0, 0.05) is 24.7 Å². The number of hydrogen-bond acceptors (Lipinski definition) is 1. The van der Waals surface area contributed by atoms with Crippen molar-refractivity contribution in [1.29, 1.82) is 0 Å². The molecule has 1 heterocycles. The minimum Gasteiger partial charge on any atom is -0.359 e. The van der Waals surface area contributed by atoms with E-state index in [-0.39, 0.29) is 11.7 Å². The SMILES string of the molecule is CNC(=O)/C=C(/c1ccccc1)c1cc(F)c2[nH]ccc2c1. The maximum absolute atomic E-state index is 14.2. The molecule has 4 heteroatoms. The van der Waals surface area contributed by atoms with Crippen molar-refractivity contribution in [3.63, 3.8) is 0 Å². The van der Waals surface area contributed by atoms with Crippen molar-refractivity contribution in [2.24, 2.45) is 0 Å². The maximum Gasteiger partial charge on any atom is 0.244 e. The molecule has 0 spiro atoms. The fourth-order valence-electron chi connectivity index (χ4n) is 2.44. The number of benzene rings is 2. The first-order valence-corrected chi connectivity index (χ1v) is 6.95. The first-order valence-electron chi connectivity index (χ1n) is 6.95. The van der Waals surface area contributed by atoms with Crippen molar-refractivity contribution in [3.05, 3.63) is 77.7 Å². The van der Waals surface area contributed by atoms with Crippen LogP contribution in [-0.4, -0.2) is 17.9 Å². The molecular formula is C18H15FN2O. The lowest BCUT2D eigenvalue weighted by Gasteiger charge is -2.09. The quantitative estimate of drug-likeness (QED) is 0.714. The number of hydrogen-bond donors (Lipinski definition) is 2. The Morgan fingerprint density at radius 2 is 1.91 bits per heavy atom. The van der Waals surface area contributed by atoms with E-state index in [0.29, 0.717) is 16.7 Å². The number of rotatable bonds is 3. The molecule has 0 saturated carbocycles. The van der Waals surface area contributed by atoms with Crippen LogP contribution in [0.25, 0.3) is 16.5 Å². The summed E-state index contributed by atoms with van der Waals surface area (Å²) in [6, 6.07) is 14.6. The van der Waals surface area contributed by atoms with E-state index in [1.807, 2.05) is 42.5 Å². The Morgan fingerprint density at radius 3 is 2.64 bits per heavy atom. The van der Waals surface area contributed by atoms with E-state index in [1.165, 1.54) is 12.1 Å². The molecule has 0 radical (unpaired) electrons. The normalized spacial score (nSPS) is 11.6. The molecule has 0 fully saturated rings. The predicted molar refractivity (Wildman–Crippen MR) is 85.8 cm³/mol. The van der Waals surface area contributed by atoms with Crippen molar-refractivity contribution < 1.29 is 9.18 Å². The van der Waals surface area contributed by atoms with Crippen LogP contribution in [0.1, 0.15) is 11.1 Å². The van der Waals surface area contributed by atoms with E-state index in [2.05, 4.69) is 10.3 Å². The lowest BCUT2D eigenvalue weighted by atomic mass is 9.96. The zero-order valence-electron chi connectivity index (χ0n) is 12.1. The fourth-order valence-corrected chi connectivity index (χ4v) is 2.44. The zero-order chi connectivity index (χ0) is 15.5. The molecular weight excluding hydrogens is 279 g/mol. The van der Waals surface area contributed by atoms with Crippen molar-refractivity contribution in [2.75, 3.05) is 7.05 Å². The Kier molecular flexibility index (Phi) is 3.74. The second-order valence-electron chi connectivity index (χ2n) is 4.94. The van der Waals surface area contributed by atoms with Gasteiger partial charge in [-0.2, -0.15) is 0 Å². The van der Waals surface area contributed by atoms with Crippen LogP contribution in [0.3, 0.4) is 0 Å². The number of carbonyl (C=O) groups excluding carboxylic acids is 1. The topological polar surface area (TPSA) is 44.9 Å². The molecule has 0 aliphatic rings. The minimum absolute atomic E-state index is 0.228. The number of amides is 1. The van der Waals surface area contributed by atoms with E-state index in [1.54, 1.807) is 13.2 Å². The van der Waals surface area contributed by atoms with Gasteiger partial charge in [-0.15, -0.1) is 0 Å². The molecule has 0 saturated heterocycles. The van der Waals surface area contributed by atoms with Crippen LogP contribution in [0, 0.1) is 5.82 Å². The van der Waals surface area contributed by atoms with Crippen molar-refractivity contribution in [1.82, 2.24) is 10.3 Å². The third-order valence-corrected chi connectivity index (χ3v) is 3.53. The van der Waals surface area contributed by atoms with E-state index < -0.39 is 0 Å². The summed E-state index contributed by atoms with van der Waals surface area (Å²) in [4.78, 5) is 14.7. The summed E-state index contributed by atoms with van der Waals surface area (Å²) in [5.41, 5.74) is 2.68. The van der Waals surface area contributed by atoms with Crippen LogP contribution in [0.2, 0.25) is 0 Å². The summed E-state index contributed by atoms with van der Waals surface area (Å²) in [6.45, 7) is 0. The summed E-state index contributed by atoms with van der Waals surface area (Å²) in [6.07, 6.45) is 3.19. The summed E-state index contributed by atoms with van der Waals surface area (Å²) < 4.78 is 14.2. The molecule has 3 aromatic rings. The van der Waals surface area contributed by atoms with Crippen molar-refractivity contribution >= 4 is 22.4 Å². The third kappa shape index (κ3) is 2.63. The highest BCUT2D eigenvalue weighted by atomic mass is 19.1. The Morgan fingerprint density at radius 1 is 1.14 bits per heavy atom. The molecule has 1 aromatic heterocycles. The van der Waals surface area contributed by atoms with Crippen LogP contribution in [0.15, 0.2) is 60.8 Å². The van der Waals surface area contributed by atoms with Gasteiger partial charge in [-0.05, 0) is 34.9 Å². The van der Waals surface area contributed by atoms with Gasteiger partial charge in [-0.25, -0.2) is 4.39 Å². The van der Waals surface area contributed by atoms with Crippen LogP contribution in [-0.2, 0) is 4.79 Å². The van der Waals surface area contributed by atoms with Gasteiger partial charge in [0.25, 0.3) is 0 Å². The smallest absolute Gasteiger partial charge is 0.244 e. The maximum atomic E-state index is 14.2. The van der Waals surface area contributed by atoms with E-state index in [0.717, 1.165) is 10.9 Å². The average Bonchev–Trinajstić information content (AvgIpc) is 3.02. The first kappa shape index (κ1) is 14.1. The number of fused-ring (bicyclic) bond motifs is 1. The summed E-state index contributed by atoms with van der Waals surface area (Å²) >= 11 is 0. The molecule has 0 atom stereocenters. The van der Waals surface area contributed by atoms with Gasteiger partial charge in [0.2, 0.25) is 5.91 Å². The lowest BCUT2D eigenvalue weighted by Crippen LogP contribution is -2.15. The molecule has 22 heavy (non-hydrogen) atoms. The number of aromatic amines is 1. The highest BCUT2D eigenvalue weighted by molar-refractivity contribution is 6.00. The summed E-state index contributed by atoms with van der Waals surface area (Å²) in [5, 5.41) is 3.34. The molecule has 2 aromatic carbocycles. The van der Waals surface area contributed by atoms with Gasteiger partial charge in [0.05, 0.1) is 5.52 Å². The zero-order valence-corrected chi connectivity index (χ0v) is 12.1. The predicted octanol–water partition coefficient (Wildman–Crippen LogP) is 3.48. The van der Waals surface area contributed by atoms with E-state index in [9.17, 15) is 9.18 Å². The highest BCUT2D eigenvalue weighted by Gasteiger charge is 2.11. The Balaban J connectivity index is 2.19. The lowest BCUT2D eigenvalue weighted by molar-refractivity contribution is -0.116. The average molecular weight is 294 g/mol. The molecule has 0 bridgehead atoms. The largest absolute Gasteiger partial charge is 0.359 e. The second kappa shape index (κ2) is 5.85. The standard InChI is InChI=1S/C18H15FN2O/c1-20-17(22)11-15(12-5-3-2-4-6-12)14-9-13-7-8-21-18(13)16(19)10-14/h2-11,21H,1H3,(H,20,22)/b15-11-. The van der Waals surface area contributed by atoms with E-state index in [4.69, 9.17) is 0 Å². The van der Waals surface area contributed by atoms with Gasteiger partial charge in [-0.3, -0.25) is 4.79 Å². The van der Waals surface area contributed by atoms with Gasteiger partial charge in [0.15, 0.2) is 0 Å². The number of H-pyrrole nitrogens is 1. The second-order valence-corrected chi connectivity index (χ2v) is 4.94. The molecule has 3 nitrogen and oxygen atoms in total. The number of likely N-dealkylation sites (N-methyl/N-ethyl adjacent to an activating group) is 1. The van der Waals surface area contributed by atoms with Crippen LogP contribution in [0.5, 0.6) is 0 Å².